The average Bonchev–Trinajstić information content (AvgIpc) is 3.42. The first-order valence-corrected chi connectivity index (χ1v) is 11.6. The molecular formula is C23H18BrN3O4S. The number of carbonyl (C=O) groups is 2. The summed E-state index contributed by atoms with van der Waals surface area (Å²) in [6.45, 7) is 3.75. The smallest absolute Gasteiger partial charge is 0.301 e. The SMILES string of the molecule is Cc1nnc(N2C(=O)C(=O)/C(=C(/O)c3ccc4c(c3)C[C@H](C)O4)[C@@H]2c2cccc(Br)c2)s1. The third-order valence-electron chi connectivity index (χ3n) is 5.50. The van der Waals surface area contributed by atoms with Crippen LogP contribution in [0.4, 0.5) is 5.13 Å². The van der Waals surface area contributed by atoms with E-state index in [4.69, 9.17) is 4.74 Å². The zero-order valence-corrected chi connectivity index (χ0v) is 19.6. The molecule has 0 spiro atoms. The molecule has 2 aromatic carbocycles. The number of aliphatic hydroxyl groups is 1. The van der Waals surface area contributed by atoms with E-state index in [9.17, 15) is 14.7 Å². The maximum absolute atomic E-state index is 13.2. The molecule has 7 nitrogen and oxygen atoms in total. The molecule has 32 heavy (non-hydrogen) atoms. The Hall–Kier alpha value is -3.04. The first-order chi connectivity index (χ1) is 15.3. The molecule has 1 amide bonds. The standard InChI is InChI=1S/C23H18BrN3O4S/c1-11-8-15-9-14(6-7-17(15)31-11)20(28)18-19(13-4-3-5-16(24)10-13)27(22(30)21(18)29)23-26-25-12(2)32-23/h3-7,9-11,19,28H,8H2,1-2H3/b20-18+/t11-,19-/m0/s1. The number of rotatable bonds is 3. The Labute approximate surface area is 196 Å². The van der Waals surface area contributed by atoms with Crippen LogP contribution >= 0.6 is 27.3 Å². The highest BCUT2D eigenvalue weighted by molar-refractivity contribution is 9.10. The van der Waals surface area contributed by atoms with Crippen molar-refractivity contribution in [3.63, 3.8) is 0 Å². The zero-order chi connectivity index (χ0) is 22.6. The number of fused-ring (bicyclic) bond motifs is 1. The van der Waals surface area contributed by atoms with Gasteiger partial charge >= 0.3 is 5.91 Å². The van der Waals surface area contributed by atoms with E-state index in [1.807, 2.05) is 37.3 Å². The highest BCUT2D eigenvalue weighted by Crippen LogP contribution is 2.44. The zero-order valence-electron chi connectivity index (χ0n) is 17.2. The molecule has 1 saturated heterocycles. The number of ether oxygens (including phenoxy) is 1. The van der Waals surface area contributed by atoms with Crippen LogP contribution in [-0.2, 0) is 16.0 Å². The normalized spacial score (nSPS) is 21.7. The van der Waals surface area contributed by atoms with Gasteiger partial charge in [0.2, 0.25) is 5.13 Å². The van der Waals surface area contributed by atoms with Gasteiger partial charge in [0.05, 0.1) is 11.6 Å². The maximum Gasteiger partial charge on any atom is 0.301 e. The largest absolute Gasteiger partial charge is 0.507 e. The summed E-state index contributed by atoms with van der Waals surface area (Å²) in [7, 11) is 0. The number of aromatic nitrogens is 2. The summed E-state index contributed by atoms with van der Waals surface area (Å²) >= 11 is 4.67. The number of aryl methyl sites for hydroxylation is 1. The fourth-order valence-corrected chi connectivity index (χ4v) is 5.26. The van der Waals surface area contributed by atoms with Gasteiger partial charge in [-0.1, -0.05) is 39.4 Å². The third-order valence-corrected chi connectivity index (χ3v) is 6.83. The summed E-state index contributed by atoms with van der Waals surface area (Å²) in [6, 6.07) is 11.8. The number of benzene rings is 2. The number of Topliss-reactive ketones (excluding diaryl/α,β-unsaturated/α-hetero) is 1. The van der Waals surface area contributed by atoms with Crippen LogP contribution < -0.4 is 9.64 Å². The van der Waals surface area contributed by atoms with E-state index in [0.717, 1.165) is 15.8 Å². The van der Waals surface area contributed by atoms with E-state index < -0.39 is 17.7 Å². The lowest BCUT2D eigenvalue weighted by molar-refractivity contribution is -0.132. The van der Waals surface area contributed by atoms with Gasteiger partial charge in [-0.2, -0.15) is 0 Å². The topological polar surface area (TPSA) is 92.6 Å². The number of carbonyl (C=O) groups excluding carboxylic acids is 2. The number of hydrogen-bond acceptors (Lipinski definition) is 7. The van der Waals surface area contributed by atoms with Crippen LogP contribution in [0.1, 0.15) is 34.7 Å². The van der Waals surface area contributed by atoms with Crippen LogP contribution in [0.5, 0.6) is 5.75 Å². The Bertz CT molecular complexity index is 1300. The summed E-state index contributed by atoms with van der Waals surface area (Å²) in [5.41, 5.74) is 2.11. The Morgan fingerprint density at radius 3 is 2.75 bits per heavy atom. The highest BCUT2D eigenvalue weighted by atomic mass is 79.9. The molecule has 0 saturated carbocycles. The highest BCUT2D eigenvalue weighted by Gasteiger charge is 2.48. The number of halogens is 1. The number of nitrogens with zero attached hydrogens (tertiary/aromatic N) is 3. The van der Waals surface area contributed by atoms with Crippen LogP contribution in [0.15, 0.2) is 52.5 Å². The van der Waals surface area contributed by atoms with E-state index in [-0.39, 0.29) is 17.4 Å². The Morgan fingerprint density at radius 2 is 2.03 bits per heavy atom. The molecule has 0 radical (unpaired) electrons. The van der Waals surface area contributed by atoms with Crippen molar-refractivity contribution in [3.05, 3.63) is 74.2 Å². The number of ketones is 1. The minimum Gasteiger partial charge on any atom is -0.507 e. The minimum absolute atomic E-state index is 0.0212. The second kappa shape index (κ2) is 7.83. The van der Waals surface area contributed by atoms with Gasteiger partial charge in [0.25, 0.3) is 5.78 Å². The number of amides is 1. The molecule has 9 heteroatoms. The molecule has 1 N–H and O–H groups in total. The fraction of sp³-hybridized carbons (Fsp3) is 0.217. The molecule has 1 fully saturated rings. The predicted octanol–water partition coefficient (Wildman–Crippen LogP) is 4.56. The van der Waals surface area contributed by atoms with E-state index in [1.54, 1.807) is 19.1 Å². The van der Waals surface area contributed by atoms with Crippen LogP contribution in [0, 0.1) is 6.92 Å². The van der Waals surface area contributed by atoms with Crippen molar-refractivity contribution in [2.75, 3.05) is 4.90 Å². The quantitative estimate of drug-likeness (QED) is 0.314. The van der Waals surface area contributed by atoms with Gasteiger partial charge in [0.1, 0.15) is 22.6 Å². The summed E-state index contributed by atoms with van der Waals surface area (Å²) in [5.74, 6) is -0.960. The molecule has 3 heterocycles. The van der Waals surface area contributed by atoms with Gasteiger partial charge in [0, 0.05) is 16.5 Å². The first kappa shape index (κ1) is 20.8. The van der Waals surface area contributed by atoms with Crippen molar-refractivity contribution in [1.29, 1.82) is 0 Å². The first-order valence-electron chi connectivity index (χ1n) is 10.00. The Balaban J connectivity index is 1.69. The van der Waals surface area contributed by atoms with E-state index in [0.29, 0.717) is 27.7 Å². The molecule has 0 bridgehead atoms. The third kappa shape index (κ3) is 3.41. The summed E-state index contributed by atoms with van der Waals surface area (Å²) < 4.78 is 6.53. The van der Waals surface area contributed by atoms with E-state index >= 15 is 0 Å². The maximum atomic E-state index is 13.2. The summed E-state index contributed by atoms with van der Waals surface area (Å²) in [5, 5.41) is 20.3. The molecule has 2 aliphatic rings. The molecule has 2 aliphatic heterocycles. The summed E-state index contributed by atoms with van der Waals surface area (Å²) in [6.07, 6.45) is 0.763. The van der Waals surface area contributed by atoms with Crippen LogP contribution in [0.3, 0.4) is 0 Å². The Kier molecular flexibility index (Phi) is 5.10. The number of anilines is 1. The van der Waals surface area contributed by atoms with Crippen LogP contribution in [-0.4, -0.2) is 33.1 Å². The lowest BCUT2D eigenvalue weighted by Gasteiger charge is -2.22. The van der Waals surface area contributed by atoms with Crippen molar-refractivity contribution in [2.45, 2.75) is 32.4 Å². The number of hydrogen-bond donors (Lipinski definition) is 1. The molecule has 1 aromatic heterocycles. The Morgan fingerprint density at radius 1 is 1.22 bits per heavy atom. The summed E-state index contributed by atoms with van der Waals surface area (Å²) in [4.78, 5) is 27.6. The average molecular weight is 512 g/mol. The number of aliphatic hydroxyl groups excluding tert-OH is 1. The van der Waals surface area contributed by atoms with Gasteiger partial charge in [0.15, 0.2) is 0 Å². The second-order valence-electron chi connectivity index (χ2n) is 7.78. The van der Waals surface area contributed by atoms with Gasteiger partial charge in [-0.25, -0.2) is 0 Å². The lowest BCUT2D eigenvalue weighted by atomic mass is 9.94. The molecule has 0 unspecified atom stereocenters. The van der Waals surface area contributed by atoms with Crippen molar-refractivity contribution >= 4 is 49.8 Å². The van der Waals surface area contributed by atoms with Crippen molar-refractivity contribution in [3.8, 4) is 5.75 Å². The van der Waals surface area contributed by atoms with E-state index in [2.05, 4.69) is 26.1 Å². The van der Waals surface area contributed by atoms with E-state index in [1.165, 1.54) is 16.2 Å². The van der Waals surface area contributed by atoms with Crippen LogP contribution in [0.2, 0.25) is 0 Å². The van der Waals surface area contributed by atoms with Crippen molar-refractivity contribution in [1.82, 2.24) is 10.2 Å². The monoisotopic (exact) mass is 511 g/mol. The van der Waals surface area contributed by atoms with Gasteiger partial charge in [-0.15, -0.1) is 10.2 Å². The molecular weight excluding hydrogens is 494 g/mol. The predicted molar refractivity (Wildman–Crippen MR) is 124 cm³/mol. The van der Waals surface area contributed by atoms with Crippen molar-refractivity contribution < 1.29 is 19.4 Å². The van der Waals surface area contributed by atoms with Gasteiger partial charge < -0.3 is 9.84 Å². The molecule has 3 aromatic rings. The van der Waals surface area contributed by atoms with Gasteiger partial charge in [-0.3, -0.25) is 14.5 Å². The van der Waals surface area contributed by atoms with Crippen LogP contribution in [0.25, 0.3) is 5.76 Å². The second-order valence-corrected chi connectivity index (χ2v) is 9.86. The molecule has 162 valence electrons. The molecule has 5 rings (SSSR count). The lowest BCUT2D eigenvalue weighted by Crippen LogP contribution is -2.29. The molecule has 2 atom stereocenters. The minimum atomic E-state index is -0.830. The van der Waals surface area contributed by atoms with Gasteiger partial charge in [-0.05, 0) is 55.3 Å². The fourth-order valence-electron chi connectivity index (χ4n) is 4.13. The molecule has 0 aliphatic carbocycles. The van der Waals surface area contributed by atoms with Crippen molar-refractivity contribution in [2.24, 2.45) is 0 Å².